The summed E-state index contributed by atoms with van der Waals surface area (Å²) in [6.07, 6.45) is 0.923. The normalized spacial score (nSPS) is 18.4. The summed E-state index contributed by atoms with van der Waals surface area (Å²) < 4.78 is 5.27. The van der Waals surface area contributed by atoms with Crippen molar-refractivity contribution < 1.29 is 14.5 Å². The Kier molecular flexibility index (Phi) is 3.27. The Bertz CT molecular complexity index is 567. The van der Waals surface area contributed by atoms with Gasteiger partial charge in [0.15, 0.2) is 0 Å². The molecule has 1 saturated heterocycles. The molecule has 7 heteroatoms. The highest BCUT2D eigenvalue weighted by Crippen LogP contribution is 2.36. The smallest absolute Gasteiger partial charge is 0.292 e. The van der Waals surface area contributed by atoms with Gasteiger partial charge in [-0.2, -0.15) is 0 Å². The third kappa shape index (κ3) is 2.32. The van der Waals surface area contributed by atoms with Crippen LogP contribution in [0.2, 0.25) is 0 Å². The molecule has 0 atom stereocenters. The lowest BCUT2D eigenvalue weighted by Gasteiger charge is -2.29. The number of carbonyl (C=O) groups is 1. The van der Waals surface area contributed by atoms with Gasteiger partial charge < -0.3 is 15.0 Å². The topological polar surface area (TPSA) is 84.7 Å². The molecular formula is C13H15N3O4. The molecule has 1 aromatic carbocycles. The molecule has 0 bridgehead atoms. The predicted octanol–water partition coefficient (Wildman–Crippen LogP) is 1.32. The molecule has 2 aliphatic rings. The second kappa shape index (κ2) is 5.09. The van der Waals surface area contributed by atoms with Crippen molar-refractivity contribution >= 4 is 23.0 Å². The van der Waals surface area contributed by atoms with Gasteiger partial charge in [-0.1, -0.05) is 0 Å². The minimum atomic E-state index is -0.360. The van der Waals surface area contributed by atoms with Crippen LogP contribution in [0, 0.1) is 10.1 Å². The van der Waals surface area contributed by atoms with E-state index < -0.39 is 0 Å². The Hall–Kier alpha value is -2.15. The first-order chi connectivity index (χ1) is 9.65. The van der Waals surface area contributed by atoms with E-state index in [0.717, 1.165) is 5.56 Å². The zero-order chi connectivity index (χ0) is 14.1. The highest BCUT2D eigenvalue weighted by Gasteiger charge is 2.26. The first-order valence-corrected chi connectivity index (χ1v) is 6.59. The van der Waals surface area contributed by atoms with Gasteiger partial charge in [0.25, 0.3) is 5.69 Å². The number of aryl methyl sites for hydroxylation is 1. The number of anilines is 2. The van der Waals surface area contributed by atoms with E-state index >= 15 is 0 Å². The summed E-state index contributed by atoms with van der Waals surface area (Å²) in [6, 6.07) is 3.30. The number of ether oxygens (including phenoxy) is 1. The van der Waals surface area contributed by atoms with Gasteiger partial charge in [0, 0.05) is 31.3 Å². The average molecular weight is 277 g/mol. The molecule has 0 unspecified atom stereocenters. The minimum absolute atomic E-state index is 0.0423. The van der Waals surface area contributed by atoms with Gasteiger partial charge >= 0.3 is 0 Å². The molecule has 2 aliphatic heterocycles. The number of nitrogens with one attached hydrogen (secondary N) is 1. The van der Waals surface area contributed by atoms with E-state index in [1.54, 1.807) is 12.1 Å². The number of nitrogens with zero attached hydrogens (tertiary/aromatic N) is 2. The van der Waals surface area contributed by atoms with E-state index in [4.69, 9.17) is 4.74 Å². The molecule has 0 radical (unpaired) electrons. The fourth-order valence-electron chi connectivity index (χ4n) is 2.61. The van der Waals surface area contributed by atoms with Crippen molar-refractivity contribution in [1.29, 1.82) is 0 Å². The molecule has 3 rings (SSSR count). The molecule has 1 amide bonds. The molecule has 1 N–H and O–H groups in total. The summed E-state index contributed by atoms with van der Waals surface area (Å²) in [6.45, 7) is 2.35. The van der Waals surface area contributed by atoms with Crippen LogP contribution in [0.25, 0.3) is 0 Å². The van der Waals surface area contributed by atoms with Crippen molar-refractivity contribution in [2.24, 2.45) is 0 Å². The standard InChI is InChI=1S/C13H15N3O4/c17-13-2-1-9-7-12(16(18)19)11(8-10(9)14-13)15-3-5-20-6-4-15/h7-8H,1-6H2,(H,14,17). The highest BCUT2D eigenvalue weighted by molar-refractivity contribution is 5.95. The molecule has 0 spiro atoms. The second-order valence-corrected chi connectivity index (χ2v) is 4.90. The van der Waals surface area contributed by atoms with Crippen LogP contribution >= 0.6 is 0 Å². The van der Waals surface area contributed by atoms with Crippen LogP contribution in [-0.4, -0.2) is 37.1 Å². The van der Waals surface area contributed by atoms with Crippen LogP contribution in [0.15, 0.2) is 12.1 Å². The van der Waals surface area contributed by atoms with Gasteiger partial charge in [-0.05, 0) is 18.1 Å². The van der Waals surface area contributed by atoms with Crippen LogP contribution in [0.4, 0.5) is 17.1 Å². The second-order valence-electron chi connectivity index (χ2n) is 4.90. The Morgan fingerprint density at radius 3 is 2.70 bits per heavy atom. The molecule has 0 aromatic heterocycles. The molecular weight excluding hydrogens is 262 g/mol. The number of rotatable bonds is 2. The lowest BCUT2D eigenvalue weighted by atomic mass is 10.0. The maximum atomic E-state index is 11.5. The maximum Gasteiger partial charge on any atom is 0.292 e. The molecule has 20 heavy (non-hydrogen) atoms. The van der Waals surface area contributed by atoms with Crippen molar-refractivity contribution in [1.82, 2.24) is 0 Å². The fraction of sp³-hybridized carbons (Fsp3) is 0.462. The summed E-state index contributed by atoms with van der Waals surface area (Å²) in [5.74, 6) is -0.0423. The van der Waals surface area contributed by atoms with Crippen molar-refractivity contribution in [3.63, 3.8) is 0 Å². The zero-order valence-electron chi connectivity index (χ0n) is 10.9. The number of hydrogen-bond acceptors (Lipinski definition) is 5. The van der Waals surface area contributed by atoms with Crippen molar-refractivity contribution in [2.45, 2.75) is 12.8 Å². The van der Waals surface area contributed by atoms with Gasteiger partial charge in [-0.3, -0.25) is 14.9 Å². The first-order valence-electron chi connectivity index (χ1n) is 6.59. The largest absolute Gasteiger partial charge is 0.378 e. The van der Waals surface area contributed by atoms with Crippen LogP contribution in [-0.2, 0) is 16.0 Å². The number of hydrogen-bond donors (Lipinski definition) is 1. The van der Waals surface area contributed by atoms with E-state index in [1.807, 2.05) is 4.90 Å². The maximum absolute atomic E-state index is 11.5. The van der Waals surface area contributed by atoms with E-state index in [1.165, 1.54) is 0 Å². The Balaban J connectivity index is 2.03. The van der Waals surface area contributed by atoms with Gasteiger partial charge in [-0.15, -0.1) is 0 Å². The summed E-state index contributed by atoms with van der Waals surface area (Å²) in [5, 5.41) is 14.1. The van der Waals surface area contributed by atoms with Crippen LogP contribution in [0.5, 0.6) is 0 Å². The number of morpholine rings is 1. The van der Waals surface area contributed by atoms with E-state index in [2.05, 4.69) is 5.32 Å². The summed E-state index contributed by atoms with van der Waals surface area (Å²) in [7, 11) is 0. The molecule has 7 nitrogen and oxygen atoms in total. The average Bonchev–Trinajstić information content (AvgIpc) is 2.46. The monoisotopic (exact) mass is 277 g/mol. The SMILES string of the molecule is O=C1CCc2cc([N+](=O)[O-])c(N3CCOCC3)cc2N1. The summed E-state index contributed by atoms with van der Waals surface area (Å²) in [5.41, 5.74) is 2.17. The minimum Gasteiger partial charge on any atom is -0.378 e. The molecule has 1 aromatic rings. The van der Waals surface area contributed by atoms with Gasteiger partial charge in [0.2, 0.25) is 5.91 Å². The van der Waals surface area contributed by atoms with E-state index in [9.17, 15) is 14.9 Å². The van der Waals surface area contributed by atoms with Crippen LogP contribution in [0.3, 0.4) is 0 Å². The number of nitro benzene ring substituents is 1. The zero-order valence-corrected chi connectivity index (χ0v) is 10.9. The van der Waals surface area contributed by atoms with Crippen LogP contribution < -0.4 is 10.2 Å². The highest BCUT2D eigenvalue weighted by atomic mass is 16.6. The lowest BCUT2D eigenvalue weighted by Crippen LogP contribution is -2.36. The Morgan fingerprint density at radius 1 is 1.25 bits per heavy atom. The molecule has 106 valence electrons. The van der Waals surface area contributed by atoms with Crippen molar-refractivity contribution in [3.8, 4) is 0 Å². The third-order valence-electron chi connectivity index (χ3n) is 3.64. The number of carbonyl (C=O) groups excluding carboxylic acids is 1. The Morgan fingerprint density at radius 2 is 2.00 bits per heavy atom. The molecule has 1 fully saturated rings. The van der Waals surface area contributed by atoms with Gasteiger partial charge in [0.1, 0.15) is 5.69 Å². The van der Waals surface area contributed by atoms with E-state index in [0.29, 0.717) is 50.5 Å². The summed E-state index contributed by atoms with van der Waals surface area (Å²) in [4.78, 5) is 24.3. The van der Waals surface area contributed by atoms with Crippen LogP contribution in [0.1, 0.15) is 12.0 Å². The van der Waals surface area contributed by atoms with E-state index in [-0.39, 0.29) is 16.5 Å². The van der Waals surface area contributed by atoms with Crippen molar-refractivity contribution in [2.75, 3.05) is 36.5 Å². The first kappa shape index (κ1) is 12.9. The number of amides is 1. The molecule has 2 heterocycles. The predicted molar refractivity (Wildman–Crippen MR) is 73.1 cm³/mol. The number of benzene rings is 1. The third-order valence-corrected chi connectivity index (χ3v) is 3.64. The quantitative estimate of drug-likeness (QED) is 0.651. The summed E-state index contributed by atoms with van der Waals surface area (Å²) >= 11 is 0. The van der Waals surface area contributed by atoms with Crippen molar-refractivity contribution in [3.05, 3.63) is 27.8 Å². The number of nitro groups is 1. The Labute approximate surface area is 115 Å². The molecule has 0 saturated carbocycles. The number of fused-ring (bicyclic) bond motifs is 1. The van der Waals surface area contributed by atoms with Gasteiger partial charge in [0.05, 0.1) is 18.1 Å². The molecule has 0 aliphatic carbocycles. The lowest BCUT2D eigenvalue weighted by molar-refractivity contribution is -0.384. The fourth-order valence-corrected chi connectivity index (χ4v) is 2.61. The van der Waals surface area contributed by atoms with Gasteiger partial charge in [-0.25, -0.2) is 0 Å².